The zero-order valence-corrected chi connectivity index (χ0v) is 21.4. The van der Waals surface area contributed by atoms with Gasteiger partial charge >= 0.3 is 0 Å². The van der Waals surface area contributed by atoms with E-state index in [1.54, 1.807) is 0 Å². The quantitative estimate of drug-likeness (QED) is 0.291. The molecule has 0 aliphatic heterocycles. The van der Waals surface area contributed by atoms with Crippen molar-refractivity contribution in [2.24, 2.45) is 0 Å². The van der Waals surface area contributed by atoms with Gasteiger partial charge in [0.25, 0.3) is 0 Å². The van der Waals surface area contributed by atoms with Gasteiger partial charge in [0.1, 0.15) is 5.82 Å². The number of hydrogen-bond donors (Lipinski definition) is 1. The van der Waals surface area contributed by atoms with Crippen molar-refractivity contribution >= 4 is 27.5 Å². The lowest BCUT2D eigenvalue weighted by Gasteiger charge is -2.32. The number of nitrogens with one attached hydrogen (secondary N) is 1. The second-order valence-corrected chi connectivity index (χ2v) is 9.96. The van der Waals surface area contributed by atoms with E-state index in [-0.39, 0.29) is 5.41 Å². The Bertz CT molecular complexity index is 1290. The third kappa shape index (κ3) is 4.01. The summed E-state index contributed by atoms with van der Waals surface area (Å²) in [6.07, 6.45) is 4.72. The summed E-state index contributed by atoms with van der Waals surface area (Å²) in [5, 5.41) is 7.28. The van der Waals surface area contributed by atoms with Crippen LogP contribution in [0.1, 0.15) is 68.7 Å². The van der Waals surface area contributed by atoms with Crippen molar-refractivity contribution < 1.29 is 0 Å². The topological polar surface area (TPSA) is 24.9 Å². The molecule has 2 heteroatoms. The molecule has 2 nitrogen and oxygen atoms in total. The van der Waals surface area contributed by atoms with Crippen LogP contribution in [0.3, 0.4) is 0 Å². The molecule has 0 aliphatic carbocycles. The van der Waals surface area contributed by atoms with E-state index in [0.29, 0.717) is 0 Å². The fourth-order valence-electron chi connectivity index (χ4n) is 5.93. The summed E-state index contributed by atoms with van der Waals surface area (Å²) < 4.78 is 0. The van der Waals surface area contributed by atoms with Gasteiger partial charge in [0, 0.05) is 17.8 Å². The van der Waals surface area contributed by atoms with Crippen LogP contribution < -0.4 is 5.32 Å². The average Bonchev–Trinajstić information content (AvgIpc) is 2.78. The highest BCUT2D eigenvalue weighted by Crippen LogP contribution is 2.43. The number of rotatable bonds is 7. The minimum atomic E-state index is 0.142. The van der Waals surface area contributed by atoms with Crippen molar-refractivity contribution in [3.05, 3.63) is 70.8 Å². The third-order valence-corrected chi connectivity index (χ3v) is 7.38. The number of pyridine rings is 1. The van der Waals surface area contributed by atoms with Crippen LogP contribution in [0.25, 0.3) is 32.8 Å². The van der Waals surface area contributed by atoms with Crippen molar-refractivity contribution in [1.82, 2.24) is 4.98 Å². The molecular formula is C31H38N2. The van der Waals surface area contributed by atoms with E-state index in [1.165, 1.54) is 75.2 Å². The minimum absolute atomic E-state index is 0.142. The van der Waals surface area contributed by atoms with Gasteiger partial charge in [-0.1, -0.05) is 70.0 Å². The molecule has 0 aliphatic rings. The van der Waals surface area contributed by atoms with Gasteiger partial charge in [-0.2, -0.15) is 0 Å². The maximum absolute atomic E-state index is 5.18. The number of aromatic nitrogens is 1. The fourth-order valence-corrected chi connectivity index (χ4v) is 5.93. The number of benzene rings is 3. The highest BCUT2D eigenvalue weighted by atomic mass is 15.0. The summed E-state index contributed by atoms with van der Waals surface area (Å²) in [4.78, 5) is 5.18. The number of fused-ring (bicyclic) bond motifs is 3. The molecule has 0 atom stereocenters. The first-order chi connectivity index (χ1) is 15.8. The molecule has 1 heterocycles. The summed E-state index contributed by atoms with van der Waals surface area (Å²) in [6, 6.07) is 18.1. The van der Waals surface area contributed by atoms with E-state index in [0.717, 1.165) is 11.3 Å². The van der Waals surface area contributed by atoms with Crippen molar-refractivity contribution in [3.63, 3.8) is 0 Å². The van der Waals surface area contributed by atoms with E-state index in [4.69, 9.17) is 4.98 Å². The lowest BCUT2D eigenvalue weighted by atomic mass is 9.73. The molecular weight excluding hydrogens is 400 g/mol. The molecule has 0 unspecified atom stereocenters. The van der Waals surface area contributed by atoms with Gasteiger partial charge in [0.2, 0.25) is 0 Å². The van der Waals surface area contributed by atoms with Gasteiger partial charge in [-0.3, -0.25) is 0 Å². The number of aryl methyl sites for hydroxylation is 3. The van der Waals surface area contributed by atoms with Crippen LogP contribution in [0.15, 0.2) is 48.5 Å². The van der Waals surface area contributed by atoms with Gasteiger partial charge in [0.15, 0.2) is 0 Å². The zero-order valence-electron chi connectivity index (χ0n) is 21.4. The van der Waals surface area contributed by atoms with Crippen LogP contribution in [0, 0.1) is 20.8 Å². The molecule has 3 aromatic carbocycles. The van der Waals surface area contributed by atoms with Crippen molar-refractivity contribution in [3.8, 4) is 11.1 Å². The maximum Gasteiger partial charge on any atom is 0.134 e. The van der Waals surface area contributed by atoms with Crippen LogP contribution in [-0.4, -0.2) is 12.0 Å². The molecule has 1 aromatic heterocycles. The molecule has 1 N–H and O–H groups in total. The Balaban J connectivity index is 2.11. The van der Waals surface area contributed by atoms with Gasteiger partial charge in [-0.25, -0.2) is 4.98 Å². The van der Waals surface area contributed by atoms with E-state index in [2.05, 4.69) is 95.4 Å². The molecule has 0 spiro atoms. The summed E-state index contributed by atoms with van der Waals surface area (Å²) >= 11 is 0. The molecule has 4 rings (SSSR count). The fraction of sp³-hybridized carbons (Fsp3) is 0.387. The molecule has 0 fully saturated rings. The first kappa shape index (κ1) is 23.3. The van der Waals surface area contributed by atoms with Crippen LogP contribution in [-0.2, 0) is 5.41 Å². The van der Waals surface area contributed by atoms with Crippen molar-refractivity contribution in [2.75, 3.05) is 12.4 Å². The first-order valence-electron chi connectivity index (χ1n) is 12.5. The Kier molecular flexibility index (Phi) is 6.47. The van der Waals surface area contributed by atoms with Crippen LogP contribution in [0.2, 0.25) is 0 Å². The Morgan fingerprint density at radius 2 is 1.45 bits per heavy atom. The van der Waals surface area contributed by atoms with Crippen LogP contribution in [0.5, 0.6) is 0 Å². The summed E-state index contributed by atoms with van der Waals surface area (Å²) in [5.41, 5.74) is 9.14. The summed E-state index contributed by atoms with van der Waals surface area (Å²) in [7, 11) is 2.00. The van der Waals surface area contributed by atoms with Gasteiger partial charge < -0.3 is 5.32 Å². The molecule has 4 aromatic rings. The predicted octanol–water partition coefficient (Wildman–Crippen LogP) is 8.88. The third-order valence-electron chi connectivity index (χ3n) is 7.38. The lowest BCUT2D eigenvalue weighted by molar-refractivity contribution is 0.395. The molecule has 33 heavy (non-hydrogen) atoms. The Labute approximate surface area is 199 Å². The van der Waals surface area contributed by atoms with Gasteiger partial charge in [0.05, 0.1) is 5.52 Å². The van der Waals surface area contributed by atoms with E-state index < -0.39 is 0 Å². The molecule has 0 saturated carbocycles. The summed E-state index contributed by atoms with van der Waals surface area (Å²) in [6.45, 7) is 13.6. The average molecular weight is 439 g/mol. The van der Waals surface area contributed by atoms with Crippen LogP contribution in [0.4, 0.5) is 5.82 Å². The SMILES string of the molecule is CCCC(C)(CCC)c1cccc2c1c(NC)nc1c(C)cc(-c3c(C)cccc3C)cc12. The molecule has 0 radical (unpaired) electrons. The monoisotopic (exact) mass is 438 g/mol. The Hall–Kier alpha value is -2.87. The van der Waals surface area contributed by atoms with Gasteiger partial charge in [-0.05, 0) is 89.9 Å². The molecule has 0 amide bonds. The second kappa shape index (κ2) is 9.17. The predicted molar refractivity (Wildman–Crippen MR) is 146 cm³/mol. The summed E-state index contributed by atoms with van der Waals surface area (Å²) in [5.74, 6) is 0.995. The van der Waals surface area contributed by atoms with Crippen molar-refractivity contribution in [1.29, 1.82) is 0 Å². The Morgan fingerprint density at radius 1 is 0.818 bits per heavy atom. The minimum Gasteiger partial charge on any atom is -0.373 e. The molecule has 0 bridgehead atoms. The highest BCUT2D eigenvalue weighted by molar-refractivity contribution is 6.13. The highest BCUT2D eigenvalue weighted by Gasteiger charge is 2.28. The van der Waals surface area contributed by atoms with E-state index in [9.17, 15) is 0 Å². The normalized spacial score (nSPS) is 12.0. The largest absolute Gasteiger partial charge is 0.373 e. The van der Waals surface area contributed by atoms with Crippen LogP contribution >= 0.6 is 0 Å². The standard InChI is InChI=1S/C31H38N2/c1-8-16-31(6,17-9-2)26-15-11-14-24-25-19-23(27-20(3)12-10-13-21(27)4)18-22(5)29(25)33-30(32-7)28(24)26/h10-15,18-19H,8-9,16-17H2,1-7H3,(H,32,33). The lowest BCUT2D eigenvalue weighted by Crippen LogP contribution is -2.22. The van der Waals surface area contributed by atoms with Gasteiger partial charge in [-0.15, -0.1) is 0 Å². The molecule has 172 valence electrons. The van der Waals surface area contributed by atoms with E-state index >= 15 is 0 Å². The molecule has 0 saturated heterocycles. The smallest absolute Gasteiger partial charge is 0.134 e. The zero-order chi connectivity index (χ0) is 23.8. The van der Waals surface area contributed by atoms with Crippen molar-refractivity contribution in [2.45, 2.75) is 72.6 Å². The number of nitrogens with zero attached hydrogens (tertiary/aromatic N) is 1. The Morgan fingerprint density at radius 3 is 2.06 bits per heavy atom. The maximum atomic E-state index is 5.18. The number of anilines is 1. The number of hydrogen-bond acceptors (Lipinski definition) is 2. The second-order valence-electron chi connectivity index (χ2n) is 9.96. The van der Waals surface area contributed by atoms with E-state index in [1.807, 2.05) is 7.05 Å². The first-order valence-corrected chi connectivity index (χ1v) is 12.5.